The first-order valence-corrected chi connectivity index (χ1v) is 9.11. The number of halogens is 2. The molecule has 0 aromatic heterocycles. The number of methoxy groups -OCH3 is 2. The Morgan fingerprint density at radius 1 is 1.04 bits per heavy atom. The van der Waals surface area contributed by atoms with Crippen LogP contribution in [0.1, 0.15) is 5.56 Å². The fourth-order valence-corrected chi connectivity index (χ4v) is 3.35. The quantitative estimate of drug-likeness (QED) is 0.447. The summed E-state index contributed by atoms with van der Waals surface area (Å²) in [6.45, 7) is 0. The predicted molar refractivity (Wildman–Crippen MR) is 112 cm³/mol. The van der Waals surface area contributed by atoms with E-state index in [1.807, 2.05) is 0 Å². The van der Waals surface area contributed by atoms with Crippen LogP contribution in [0.25, 0.3) is 6.08 Å². The molecule has 3 rings (SSSR count). The number of nitrogens with zero attached hydrogens (tertiary/aromatic N) is 1. The van der Waals surface area contributed by atoms with Crippen LogP contribution in [0.5, 0.6) is 11.5 Å². The van der Waals surface area contributed by atoms with Gasteiger partial charge in [-0.25, -0.2) is 0 Å². The predicted octanol–water partition coefficient (Wildman–Crippen LogP) is 3.84. The van der Waals surface area contributed by atoms with E-state index in [2.05, 4.69) is 5.32 Å². The van der Waals surface area contributed by atoms with Gasteiger partial charge >= 0.3 is 0 Å². The van der Waals surface area contributed by atoms with Crippen molar-refractivity contribution in [3.05, 3.63) is 57.6 Å². The van der Waals surface area contributed by atoms with E-state index < -0.39 is 11.8 Å². The van der Waals surface area contributed by atoms with Crippen LogP contribution in [0.2, 0.25) is 10.0 Å². The average molecular weight is 437 g/mol. The molecule has 0 unspecified atom stereocenters. The number of thiocarbonyl (C=S) groups is 1. The fourth-order valence-electron chi connectivity index (χ4n) is 2.65. The molecule has 1 fully saturated rings. The molecule has 1 heterocycles. The molecule has 0 radical (unpaired) electrons. The number of amides is 2. The Hall–Kier alpha value is -2.61. The summed E-state index contributed by atoms with van der Waals surface area (Å²) in [5, 5.41) is 3.21. The molecule has 28 heavy (non-hydrogen) atoms. The summed E-state index contributed by atoms with van der Waals surface area (Å²) in [5.74, 6) is -0.474. The molecule has 2 amide bonds. The lowest BCUT2D eigenvalue weighted by atomic mass is 10.1. The van der Waals surface area contributed by atoms with Crippen LogP contribution in [0.3, 0.4) is 0 Å². The normalized spacial score (nSPS) is 15.6. The number of carbonyl (C=O) groups excluding carboxylic acids is 2. The van der Waals surface area contributed by atoms with Crippen LogP contribution < -0.4 is 19.7 Å². The second-order valence-corrected chi connectivity index (χ2v) is 6.84. The Kier molecular flexibility index (Phi) is 5.88. The lowest BCUT2D eigenvalue weighted by Gasteiger charge is -2.29. The monoisotopic (exact) mass is 436 g/mol. The summed E-state index contributed by atoms with van der Waals surface area (Å²) in [5.41, 5.74) is 0.767. The smallest absolute Gasteiger partial charge is 0.270 e. The number of ether oxygens (including phenoxy) is 2. The van der Waals surface area contributed by atoms with Crippen molar-refractivity contribution >= 4 is 64.1 Å². The minimum Gasteiger partial charge on any atom is -0.493 e. The molecule has 144 valence electrons. The maximum atomic E-state index is 13.0. The molecule has 0 atom stereocenters. The molecular weight excluding hydrogens is 423 g/mol. The molecule has 9 heteroatoms. The lowest BCUT2D eigenvalue weighted by Crippen LogP contribution is -2.54. The molecule has 0 saturated carbocycles. The highest BCUT2D eigenvalue weighted by atomic mass is 35.5. The molecule has 2 aromatic rings. The molecule has 1 saturated heterocycles. The van der Waals surface area contributed by atoms with Crippen molar-refractivity contribution in [1.82, 2.24) is 5.32 Å². The molecule has 0 bridgehead atoms. The maximum Gasteiger partial charge on any atom is 0.270 e. The van der Waals surface area contributed by atoms with Gasteiger partial charge in [0.1, 0.15) is 5.57 Å². The Balaban J connectivity index is 2.06. The number of benzene rings is 2. The Labute approximate surface area is 176 Å². The van der Waals surface area contributed by atoms with E-state index in [-0.39, 0.29) is 15.7 Å². The SMILES string of the molecule is COc1ccc(C=C2C(=O)NC(=S)N(c3ccc(Cl)cc3)C2=O)c(Cl)c1OC. The van der Waals surface area contributed by atoms with Crippen molar-refractivity contribution in [2.75, 3.05) is 19.1 Å². The molecule has 1 N–H and O–H groups in total. The third-order valence-corrected chi connectivity index (χ3v) is 4.93. The van der Waals surface area contributed by atoms with Gasteiger partial charge in [-0.2, -0.15) is 0 Å². The first kappa shape index (κ1) is 20.1. The van der Waals surface area contributed by atoms with Gasteiger partial charge in [-0.1, -0.05) is 23.2 Å². The lowest BCUT2D eigenvalue weighted by molar-refractivity contribution is -0.122. The second-order valence-electron chi connectivity index (χ2n) is 5.64. The zero-order valence-electron chi connectivity index (χ0n) is 14.8. The Morgan fingerprint density at radius 2 is 1.71 bits per heavy atom. The van der Waals surface area contributed by atoms with Gasteiger partial charge in [0.15, 0.2) is 16.6 Å². The molecule has 6 nitrogen and oxygen atoms in total. The highest BCUT2D eigenvalue weighted by Gasteiger charge is 2.34. The third-order valence-electron chi connectivity index (χ3n) is 4.00. The fraction of sp³-hybridized carbons (Fsp3) is 0.105. The van der Waals surface area contributed by atoms with Gasteiger partial charge in [0, 0.05) is 5.02 Å². The standard InChI is InChI=1S/C19H14Cl2N2O4S/c1-26-14-8-3-10(15(21)16(14)27-2)9-13-17(24)22-19(28)23(18(13)25)12-6-4-11(20)5-7-12/h3-9H,1-2H3,(H,22,24,28). The van der Waals surface area contributed by atoms with Crippen molar-refractivity contribution in [3.63, 3.8) is 0 Å². The van der Waals surface area contributed by atoms with E-state index in [1.165, 1.54) is 25.2 Å². The van der Waals surface area contributed by atoms with Gasteiger partial charge in [0.25, 0.3) is 11.8 Å². The van der Waals surface area contributed by atoms with E-state index in [9.17, 15) is 9.59 Å². The highest BCUT2D eigenvalue weighted by Crippen LogP contribution is 2.38. The number of hydrogen-bond donors (Lipinski definition) is 1. The first-order valence-electron chi connectivity index (χ1n) is 7.95. The minimum atomic E-state index is -0.619. The van der Waals surface area contributed by atoms with E-state index in [1.54, 1.807) is 36.4 Å². The van der Waals surface area contributed by atoms with Crippen LogP contribution in [-0.2, 0) is 9.59 Å². The van der Waals surface area contributed by atoms with Crippen LogP contribution in [0.4, 0.5) is 5.69 Å². The largest absolute Gasteiger partial charge is 0.493 e. The summed E-state index contributed by atoms with van der Waals surface area (Å²) in [6, 6.07) is 9.76. The summed E-state index contributed by atoms with van der Waals surface area (Å²) < 4.78 is 10.4. The van der Waals surface area contributed by atoms with Gasteiger partial charge < -0.3 is 9.47 Å². The Bertz CT molecular complexity index is 1010. The van der Waals surface area contributed by atoms with Crippen LogP contribution in [-0.4, -0.2) is 31.1 Å². The maximum absolute atomic E-state index is 13.0. The van der Waals surface area contributed by atoms with Gasteiger partial charge in [0.2, 0.25) is 0 Å². The van der Waals surface area contributed by atoms with Gasteiger partial charge in [0.05, 0.1) is 24.9 Å². The third kappa shape index (κ3) is 3.69. The zero-order chi connectivity index (χ0) is 20.4. The van der Waals surface area contributed by atoms with Gasteiger partial charge in [-0.15, -0.1) is 0 Å². The topological polar surface area (TPSA) is 67.9 Å². The van der Waals surface area contributed by atoms with Crippen LogP contribution in [0.15, 0.2) is 42.0 Å². The molecular formula is C19H14Cl2N2O4S. The van der Waals surface area contributed by atoms with Gasteiger partial charge in [-0.05, 0) is 60.3 Å². The van der Waals surface area contributed by atoms with Crippen molar-refractivity contribution < 1.29 is 19.1 Å². The number of nitrogens with one attached hydrogen (secondary N) is 1. The van der Waals surface area contributed by atoms with E-state index in [0.29, 0.717) is 27.8 Å². The molecule has 1 aliphatic rings. The van der Waals surface area contributed by atoms with E-state index >= 15 is 0 Å². The average Bonchev–Trinajstić information content (AvgIpc) is 2.67. The molecule has 1 aliphatic heterocycles. The van der Waals surface area contributed by atoms with E-state index in [0.717, 1.165) is 0 Å². The molecule has 0 spiro atoms. The number of rotatable bonds is 4. The number of carbonyl (C=O) groups is 2. The van der Waals surface area contributed by atoms with Crippen molar-refractivity contribution in [3.8, 4) is 11.5 Å². The molecule has 2 aromatic carbocycles. The van der Waals surface area contributed by atoms with Crippen LogP contribution >= 0.6 is 35.4 Å². The molecule has 0 aliphatic carbocycles. The summed E-state index contributed by atoms with van der Waals surface area (Å²) in [4.78, 5) is 26.6. The van der Waals surface area contributed by atoms with Crippen molar-refractivity contribution in [2.45, 2.75) is 0 Å². The summed E-state index contributed by atoms with van der Waals surface area (Å²) >= 11 is 17.4. The highest BCUT2D eigenvalue weighted by molar-refractivity contribution is 7.80. The summed E-state index contributed by atoms with van der Waals surface area (Å²) in [6.07, 6.45) is 1.38. The first-order chi connectivity index (χ1) is 13.4. The number of anilines is 1. The van der Waals surface area contributed by atoms with Crippen LogP contribution in [0, 0.1) is 0 Å². The van der Waals surface area contributed by atoms with E-state index in [4.69, 9.17) is 44.9 Å². The van der Waals surface area contributed by atoms with Crippen molar-refractivity contribution in [2.24, 2.45) is 0 Å². The minimum absolute atomic E-state index is 0.0205. The van der Waals surface area contributed by atoms with Gasteiger partial charge in [-0.3, -0.25) is 19.8 Å². The summed E-state index contributed by atoms with van der Waals surface area (Å²) in [7, 11) is 2.93. The number of hydrogen-bond acceptors (Lipinski definition) is 5. The Morgan fingerprint density at radius 3 is 2.32 bits per heavy atom. The zero-order valence-corrected chi connectivity index (χ0v) is 17.1. The van der Waals surface area contributed by atoms with Crippen molar-refractivity contribution in [1.29, 1.82) is 0 Å². The second kappa shape index (κ2) is 8.18.